The van der Waals surface area contributed by atoms with Gasteiger partial charge in [-0.3, -0.25) is 9.48 Å². The van der Waals surface area contributed by atoms with E-state index in [2.05, 4.69) is 15.6 Å². The van der Waals surface area contributed by atoms with Crippen LogP contribution in [-0.2, 0) is 6.54 Å². The number of halogens is 1. The Hall–Kier alpha value is -2.92. The summed E-state index contributed by atoms with van der Waals surface area (Å²) in [4.78, 5) is 12.1. The van der Waals surface area contributed by atoms with Gasteiger partial charge in [0.25, 0.3) is 5.91 Å². The largest absolute Gasteiger partial charge is 0.271 e. The highest BCUT2D eigenvalue weighted by Crippen LogP contribution is 2.18. The van der Waals surface area contributed by atoms with E-state index in [0.29, 0.717) is 17.1 Å². The number of aryl methyl sites for hydroxylation is 2. The average molecular weight is 381 g/mol. The molecule has 2 aromatic carbocycles. The number of carbonyl (C=O) groups is 1. The lowest BCUT2D eigenvalue weighted by molar-refractivity contribution is 0.0955. The molecule has 3 rings (SSSR count). The van der Waals surface area contributed by atoms with Gasteiger partial charge >= 0.3 is 0 Å². The molecule has 0 saturated heterocycles. The highest BCUT2D eigenvalue weighted by atomic mass is 35.5. The zero-order valence-electron chi connectivity index (χ0n) is 15.5. The molecule has 6 heteroatoms. The number of rotatable bonds is 5. The number of hydrogen-bond acceptors (Lipinski definition) is 3. The highest BCUT2D eigenvalue weighted by Gasteiger charge is 2.11. The minimum Gasteiger partial charge on any atom is -0.267 e. The van der Waals surface area contributed by atoms with Crippen molar-refractivity contribution in [2.75, 3.05) is 0 Å². The topological polar surface area (TPSA) is 59.3 Å². The first-order valence-corrected chi connectivity index (χ1v) is 9.01. The summed E-state index contributed by atoms with van der Waals surface area (Å²) in [5, 5.41) is 9.38. The Morgan fingerprint density at radius 1 is 1.15 bits per heavy atom. The zero-order chi connectivity index (χ0) is 19.4. The Balaban J connectivity index is 1.72. The van der Waals surface area contributed by atoms with E-state index in [9.17, 15) is 4.79 Å². The van der Waals surface area contributed by atoms with Gasteiger partial charge in [0.05, 0.1) is 18.5 Å². The minimum atomic E-state index is -0.245. The lowest BCUT2D eigenvalue weighted by atomic mass is 10.1. The Morgan fingerprint density at radius 3 is 2.56 bits per heavy atom. The van der Waals surface area contributed by atoms with Crippen LogP contribution < -0.4 is 5.43 Å². The highest BCUT2D eigenvalue weighted by molar-refractivity contribution is 6.31. The van der Waals surface area contributed by atoms with Gasteiger partial charge in [-0.15, -0.1) is 0 Å². The first-order chi connectivity index (χ1) is 13.0. The van der Waals surface area contributed by atoms with Crippen molar-refractivity contribution in [2.24, 2.45) is 5.10 Å². The average Bonchev–Trinajstić information content (AvgIpc) is 2.91. The van der Waals surface area contributed by atoms with Gasteiger partial charge in [0.15, 0.2) is 0 Å². The number of amides is 1. The van der Waals surface area contributed by atoms with Gasteiger partial charge in [-0.1, -0.05) is 47.5 Å². The summed E-state index contributed by atoms with van der Waals surface area (Å²) >= 11 is 6.24. The summed E-state index contributed by atoms with van der Waals surface area (Å²) in [6, 6.07) is 15.0. The first-order valence-electron chi connectivity index (χ1n) is 8.63. The molecule has 27 heavy (non-hydrogen) atoms. The smallest absolute Gasteiger partial charge is 0.267 e. The number of nitrogens with one attached hydrogen (secondary N) is 1. The third-order valence-corrected chi connectivity index (χ3v) is 4.76. The van der Waals surface area contributed by atoms with Crippen LogP contribution in [0, 0.1) is 20.8 Å². The third kappa shape index (κ3) is 4.44. The van der Waals surface area contributed by atoms with E-state index in [-0.39, 0.29) is 5.91 Å². The monoisotopic (exact) mass is 380 g/mol. The second kappa shape index (κ2) is 8.18. The van der Waals surface area contributed by atoms with Gasteiger partial charge in [-0.2, -0.15) is 10.2 Å². The molecule has 5 nitrogen and oxygen atoms in total. The molecule has 0 bridgehead atoms. The molecule has 3 aromatic rings. The van der Waals surface area contributed by atoms with Crippen molar-refractivity contribution in [1.82, 2.24) is 15.2 Å². The lowest BCUT2D eigenvalue weighted by Crippen LogP contribution is -2.17. The van der Waals surface area contributed by atoms with Gasteiger partial charge in [-0.05, 0) is 44.5 Å². The minimum absolute atomic E-state index is 0.245. The standard InChI is InChI=1S/C21H21ClN4O/c1-14-8-10-17(11-9-14)21(27)24-23-12-19-15(2)25-26(16(19)3)13-18-6-4-5-7-20(18)22/h4-12H,13H2,1-3H3,(H,24,27)/b23-12+. The van der Waals surface area contributed by atoms with Gasteiger partial charge in [0, 0.05) is 21.8 Å². The second-order valence-corrected chi connectivity index (χ2v) is 6.81. The quantitative estimate of drug-likeness (QED) is 0.530. The van der Waals surface area contributed by atoms with E-state index >= 15 is 0 Å². The van der Waals surface area contributed by atoms with Crippen molar-refractivity contribution in [2.45, 2.75) is 27.3 Å². The maximum absolute atomic E-state index is 12.1. The van der Waals surface area contributed by atoms with Gasteiger partial charge < -0.3 is 0 Å². The fourth-order valence-corrected chi connectivity index (χ4v) is 2.96. The molecule has 0 unspecified atom stereocenters. The van der Waals surface area contributed by atoms with Crippen molar-refractivity contribution in [3.05, 3.63) is 87.2 Å². The molecule has 1 N–H and O–H groups in total. The normalized spacial score (nSPS) is 11.1. The van der Waals surface area contributed by atoms with Crippen molar-refractivity contribution in [1.29, 1.82) is 0 Å². The van der Waals surface area contributed by atoms with Crippen LogP contribution in [0.15, 0.2) is 53.6 Å². The van der Waals surface area contributed by atoms with Crippen LogP contribution in [0.25, 0.3) is 0 Å². The molecular weight excluding hydrogens is 360 g/mol. The van der Waals surface area contributed by atoms with E-state index in [0.717, 1.165) is 28.1 Å². The van der Waals surface area contributed by atoms with E-state index < -0.39 is 0 Å². The number of hydrazone groups is 1. The summed E-state index contributed by atoms with van der Waals surface area (Å²) in [5.41, 5.74) is 7.92. The summed E-state index contributed by atoms with van der Waals surface area (Å²) in [5.74, 6) is -0.245. The van der Waals surface area contributed by atoms with Gasteiger partial charge in [0.1, 0.15) is 0 Å². The Morgan fingerprint density at radius 2 is 1.85 bits per heavy atom. The molecule has 0 atom stereocenters. The molecule has 0 spiro atoms. The summed E-state index contributed by atoms with van der Waals surface area (Å²) in [6.07, 6.45) is 1.63. The summed E-state index contributed by atoms with van der Waals surface area (Å²) in [6.45, 7) is 6.45. The van der Waals surface area contributed by atoms with E-state index in [1.54, 1.807) is 18.3 Å². The maximum atomic E-state index is 12.1. The number of carbonyl (C=O) groups excluding carboxylic acids is 1. The number of nitrogens with zero attached hydrogens (tertiary/aromatic N) is 3. The van der Waals surface area contributed by atoms with Gasteiger partial charge in [-0.25, -0.2) is 5.43 Å². The molecule has 0 aliphatic heterocycles. The fraction of sp³-hybridized carbons (Fsp3) is 0.190. The predicted octanol–water partition coefficient (Wildman–Crippen LogP) is 4.27. The predicted molar refractivity (Wildman–Crippen MR) is 108 cm³/mol. The number of benzene rings is 2. The fourth-order valence-electron chi connectivity index (χ4n) is 2.76. The van der Waals surface area contributed by atoms with Crippen LogP contribution in [0.4, 0.5) is 0 Å². The zero-order valence-corrected chi connectivity index (χ0v) is 16.3. The van der Waals surface area contributed by atoms with Crippen LogP contribution in [-0.4, -0.2) is 21.9 Å². The van der Waals surface area contributed by atoms with Crippen molar-refractivity contribution in [3.63, 3.8) is 0 Å². The molecule has 1 heterocycles. The van der Waals surface area contributed by atoms with Crippen molar-refractivity contribution in [3.8, 4) is 0 Å². The van der Waals surface area contributed by atoms with E-state index in [4.69, 9.17) is 11.6 Å². The van der Waals surface area contributed by atoms with Crippen LogP contribution in [0.2, 0.25) is 5.02 Å². The summed E-state index contributed by atoms with van der Waals surface area (Å²) in [7, 11) is 0. The van der Waals surface area contributed by atoms with E-state index in [1.165, 1.54) is 0 Å². The molecule has 1 aromatic heterocycles. The summed E-state index contributed by atoms with van der Waals surface area (Å²) < 4.78 is 1.89. The lowest BCUT2D eigenvalue weighted by Gasteiger charge is -2.06. The van der Waals surface area contributed by atoms with Crippen LogP contribution >= 0.6 is 11.6 Å². The molecule has 138 valence electrons. The molecule has 0 saturated carbocycles. The number of aromatic nitrogens is 2. The van der Waals surface area contributed by atoms with Crippen LogP contribution in [0.1, 0.15) is 38.4 Å². The molecule has 0 aliphatic rings. The van der Waals surface area contributed by atoms with Gasteiger partial charge in [0.2, 0.25) is 0 Å². The molecule has 0 radical (unpaired) electrons. The third-order valence-electron chi connectivity index (χ3n) is 4.39. The second-order valence-electron chi connectivity index (χ2n) is 6.40. The molecule has 0 aliphatic carbocycles. The molecule has 0 fully saturated rings. The molecule has 1 amide bonds. The Bertz CT molecular complexity index is 990. The van der Waals surface area contributed by atoms with E-state index in [1.807, 2.05) is 61.9 Å². The van der Waals surface area contributed by atoms with Crippen molar-refractivity contribution < 1.29 is 4.79 Å². The Labute approximate surface area is 163 Å². The Kier molecular flexibility index (Phi) is 5.72. The van der Waals surface area contributed by atoms with Crippen molar-refractivity contribution >= 4 is 23.7 Å². The van der Waals surface area contributed by atoms with Crippen LogP contribution in [0.5, 0.6) is 0 Å². The van der Waals surface area contributed by atoms with Crippen LogP contribution in [0.3, 0.4) is 0 Å². The molecular formula is C21H21ClN4O. The first kappa shape index (κ1) is 18.9. The SMILES string of the molecule is Cc1ccc(C(=O)N/N=C/c2c(C)nn(Cc3ccccc3Cl)c2C)cc1. The number of hydrogen-bond donors (Lipinski definition) is 1. The maximum Gasteiger partial charge on any atom is 0.271 e.